The van der Waals surface area contributed by atoms with E-state index < -0.39 is 0 Å². The van der Waals surface area contributed by atoms with Crippen molar-refractivity contribution >= 4 is 28.4 Å². The van der Waals surface area contributed by atoms with Gasteiger partial charge in [0.25, 0.3) is 0 Å². The number of aliphatic imine (C=N–C) groups is 2. The molecular weight excluding hydrogens is 292 g/mol. The second-order valence-corrected chi connectivity index (χ2v) is 6.37. The summed E-state index contributed by atoms with van der Waals surface area (Å²) in [5.41, 5.74) is 8.29. The molecule has 1 aliphatic carbocycles. The molecule has 2 heteroatoms. The third-order valence-electron chi connectivity index (χ3n) is 4.77. The topological polar surface area (TPSA) is 24.7 Å². The zero-order valence-corrected chi connectivity index (χ0v) is 13.4. The Morgan fingerprint density at radius 3 is 2.67 bits per heavy atom. The van der Waals surface area contributed by atoms with Gasteiger partial charge in [0.1, 0.15) is 0 Å². The van der Waals surface area contributed by atoms with Gasteiger partial charge in [-0.25, -0.2) is 9.98 Å². The lowest BCUT2D eigenvalue weighted by molar-refractivity contribution is 1.14. The van der Waals surface area contributed by atoms with Crippen LogP contribution in [-0.2, 0) is 0 Å². The first kappa shape index (κ1) is 13.4. The molecule has 0 N–H and O–H groups in total. The Bertz CT molecular complexity index is 1000. The van der Waals surface area contributed by atoms with E-state index in [0.717, 1.165) is 17.2 Å². The standard InChI is InChI=1S/C22H16N2/c1-14-11-12-19-17(13-14)21-20(15-7-3-2-4-8-15)16-9-5-6-10-18(16)23-22(21)24-19/h2-13,16H,1H3. The van der Waals surface area contributed by atoms with E-state index in [0.29, 0.717) is 0 Å². The summed E-state index contributed by atoms with van der Waals surface area (Å²) in [6.45, 7) is 2.13. The lowest BCUT2D eigenvalue weighted by Gasteiger charge is -2.26. The van der Waals surface area contributed by atoms with Crippen molar-refractivity contribution in [1.29, 1.82) is 0 Å². The van der Waals surface area contributed by atoms with Crippen molar-refractivity contribution in [2.45, 2.75) is 6.92 Å². The number of amidine groups is 1. The molecule has 3 aliphatic rings. The molecule has 2 heterocycles. The van der Waals surface area contributed by atoms with Gasteiger partial charge in [0.2, 0.25) is 0 Å². The highest BCUT2D eigenvalue weighted by molar-refractivity contribution is 6.40. The first-order valence-corrected chi connectivity index (χ1v) is 8.24. The van der Waals surface area contributed by atoms with Crippen LogP contribution >= 0.6 is 0 Å². The molecule has 0 fully saturated rings. The van der Waals surface area contributed by atoms with Crippen LogP contribution in [0.5, 0.6) is 0 Å². The molecule has 0 amide bonds. The number of benzene rings is 2. The number of hydrogen-bond donors (Lipinski definition) is 0. The summed E-state index contributed by atoms with van der Waals surface area (Å²) in [6, 6.07) is 17.1. The van der Waals surface area contributed by atoms with E-state index >= 15 is 0 Å². The van der Waals surface area contributed by atoms with E-state index in [4.69, 9.17) is 9.98 Å². The second-order valence-electron chi connectivity index (χ2n) is 6.37. The number of fused-ring (bicyclic) bond motifs is 4. The van der Waals surface area contributed by atoms with E-state index in [-0.39, 0.29) is 5.92 Å². The Morgan fingerprint density at radius 1 is 0.917 bits per heavy atom. The fourth-order valence-corrected chi connectivity index (χ4v) is 3.69. The van der Waals surface area contributed by atoms with Crippen molar-refractivity contribution in [3.8, 4) is 0 Å². The van der Waals surface area contributed by atoms with Gasteiger partial charge < -0.3 is 0 Å². The van der Waals surface area contributed by atoms with Crippen molar-refractivity contribution in [2.75, 3.05) is 0 Å². The van der Waals surface area contributed by atoms with E-state index in [1.165, 1.54) is 27.8 Å². The molecule has 0 bridgehead atoms. The molecule has 0 aromatic heterocycles. The summed E-state index contributed by atoms with van der Waals surface area (Å²) >= 11 is 0. The minimum absolute atomic E-state index is 0.192. The number of hydrogen-bond acceptors (Lipinski definition) is 2. The molecule has 5 rings (SSSR count). The van der Waals surface area contributed by atoms with Crippen molar-refractivity contribution in [1.82, 2.24) is 0 Å². The average molecular weight is 308 g/mol. The van der Waals surface area contributed by atoms with Gasteiger partial charge in [-0.2, -0.15) is 0 Å². The Kier molecular flexibility index (Phi) is 2.80. The maximum atomic E-state index is 4.86. The van der Waals surface area contributed by atoms with Gasteiger partial charge in [-0.05, 0) is 36.3 Å². The summed E-state index contributed by atoms with van der Waals surface area (Å²) in [5, 5.41) is 0. The van der Waals surface area contributed by atoms with Crippen LogP contribution in [-0.4, -0.2) is 11.5 Å². The van der Waals surface area contributed by atoms with Gasteiger partial charge in [0.15, 0.2) is 5.84 Å². The molecule has 0 spiro atoms. The highest BCUT2D eigenvalue weighted by Gasteiger charge is 2.34. The van der Waals surface area contributed by atoms with Crippen LogP contribution < -0.4 is 0 Å². The highest BCUT2D eigenvalue weighted by Crippen LogP contribution is 2.46. The van der Waals surface area contributed by atoms with Crippen LogP contribution in [0.2, 0.25) is 0 Å². The van der Waals surface area contributed by atoms with Gasteiger partial charge in [-0.1, -0.05) is 60.2 Å². The van der Waals surface area contributed by atoms with Gasteiger partial charge >= 0.3 is 0 Å². The fraction of sp³-hybridized carbons (Fsp3) is 0.0909. The third-order valence-corrected chi connectivity index (χ3v) is 4.77. The van der Waals surface area contributed by atoms with Crippen LogP contribution in [0.15, 0.2) is 82.8 Å². The van der Waals surface area contributed by atoms with Crippen LogP contribution in [0.25, 0.3) is 11.1 Å². The van der Waals surface area contributed by atoms with Crippen LogP contribution in [0, 0.1) is 12.8 Å². The van der Waals surface area contributed by atoms with Gasteiger partial charge in [0, 0.05) is 17.1 Å². The maximum Gasteiger partial charge on any atom is 0.161 e. The fourth-order valence-electron chi connectivity index (χ4n) is 3.69. The molecule has 2 aromatic rings. The summed E-state index contributed by atoms with van der Waals surface area (Å²) in [5.74, 6) is 1.04. The first-order chi connectivity index (χ1) is 11.8. The Balaban J connectivity index is 1.84. The second kappa shape index (κ2) is 5.00. The van der Waals surface area contributed by atoms with Crippen LogP contribution in [0.3, 0.4) is 0 Å². The van der Waals surface area contributed by atoms with Gasteiger partial charge in [0.05, 0.1) is 11.4 Å². The molecular formula is C22H16N2. The molecule has 24 heavy (non-hydrogen) atoms. The molecule has 0 radical (unpaired) electrons. The van der Waals surface area contributed by atoms with E-state index in [1.807, 2.05) is 0 Å². The number of nitrogens with zero attached hydrogens (tertiary/aromatic N) is 2. The van der Waals surface area contributed by atoms with E-state index in [2.05, 4.69) is 79.8 Å². The maximum absolute atomic E-state index is 4.86. The molecule has 1 atom stereocenters. The number of allylic oxidation sites excluding steroid dienone is 5. The average Bonchev–Trinajstić information content (AvgIpc) is 2.97. The zero-order valence-electron chi connectivity index (χ0n) is 13.4. The number of dihydropyridines is 1. The summed E-state index contributed by atoms with van der Waals surface area (Å²) < 4.78 is 0. The SMILES string of the molecule is Cc1ccc2c(c1)C1=C(c3ccccc3)C3C=CC=CC3=NC1=N2. The highest BCUT2D eigenvalue weighted by atomic mass is 15.0. The Labute approximate surface area is 141 Å². The molecule has 0 saturated heterocycles. The summed E-state index contributed by atoms with van der Waals surface area (Å²) in [6.07, 6.45) is 8.50. The molecule has 1 unspecified atom stereocenters. The van der Waals surface area contributed by atoms with Crippen molar-refractivity contribution in [3.05, 3.63) is 89.5 Å². The minimum Gasteiger partial charge on any atom is -0.232 e. The largest absolute Gasteiger partial charge is 0.232 e. The molecule has 0 saturated carbocycles. The predicted molar refractivity (Wildman–Crippen MR) is 101 cm³/mol. The van der Waals surface area contributed by atoms with Crippen molar-refractivity contribution in [3.63, 3.8) is 0 Å². The van der Waals surface area contributed by atoms with E-state index in [9.17, 15) is 0 Å². The quantitative estimate of drug-likeness (QED) is 0.696. The number of aryl methyl sites for hydroxylation is 1. The molecule has 2 nitrogen and oxygen atoms in total. The smallest absolute Gasteiger partial charge is 0.161 e. The lowest BCUT2D eigenvalue weighted by atomic mass is 9.79. The zero-order chi connectivity index (χ0) is 16.1. The molecule has 2 aromatic carbocycles. The van der Waals surface area contributed by atoms with E-state index in [1.54, 1.807) is 0 Å². The third kappa shape index (κ3) is 1.89. The first-order valence-electron chi connectivity index (χ1n) is 8.24. The van der Waals surface area contributed by atoms with Crippen molar-refractivity contribution in [2.24, 2.45) is 15.9 Å². The summed E-state index contributed by atoms with van der Waals surface area (Å²) in [7, 11) is 0. The summed E-state index contributed by atoms with van der Waals surface area (Å²) in [4.78, 5) is 9.65. The van der Waals surface area contributed by atoms with Crippen molar-refractivity contribution < 1.29 is 0 Å². The predicted octanol–water partition coefficient (Wildman–Crippen LogP) is 5.15. The Morgan fingerprint density at radius 2 is 1.79 bits per heavy atom. The molecule has 2 aliphatic heterocycles. The van der Waals surface area contributed by atoms with Crippen LogP contribution in [0.1, 0.15) is 16.7 Å². The van der Waals surface area contributed by atoms with Gasteiger partial charge in [-0.3, -0.25) is 0 Å². The minimum atomic E-state index is 0.192. The van der Waals surface area contributed by atoms with Gasteiger partial charge in [-0.15, -0.1) is 0 Å². The normalized spacial score (nSPS) is 20.3. The Hall–Kier alpha value is -3.00. The van der Waals surface area contributed by atoms with Crippen LogP contribution in [0.4, 0.5) is 5.69 Å². The molecule has 114 valence electrons. The monoisotopic (exact) mass is 308 g/mol. The number of rotatable bonds is 1. The lowest BCUT2D eigenvalue weighted by Crippen LogP contribution is -2.22.